The van der Waals surface area contributed by atoms with Gasteiger partial charge in [0, 0.05) is 21.5 Å². The highest BCUT2D eigenvalue weighted by Crippen LogP contribution is 2.65. The van der Waals surface area contributed by atoms with Crippen LogP contribution in [-0.2, 0) is 4.79 Å². The predicted octanol–water partition coefficient (Wildman–Crippen LogP) is 4.34. The first-order chi connectivity index (χ1) is 11.8. The summed E-state index contributed by atoms with van der Waals surface area (Å²) in [4.78, 5) is 24.3. The number of nitrogens with one attached hydrogen (secondary N) is 2. The van der Waals surface area contributed by atoms with Crippen molar-refractivity contribution in [2.45, 2.75) is 10.3 Å². The van der Waals surface area contributed by atoms with Crippen LogP contribution in [0.3, 0.4) is 0 Å². The molecule has 0 saturated heterocycles. The van der Waals surface area contributed by atoms with Crippen molar-refractivity contribution < 1.29 is 9.59 Å². The highest BCUT2D eigenvalue weighted by Gasteiger charge is 2.67. The number of hydrogen-bond donors (Lipinski definition) is 2. The Balaban J connectivity index is 1.67. The number of hydrogen-bond acceptors (Lipinski definition) is 2. The molecule has 0 spiro atoms. The van der Waals surface area contributed by atoms with Crippen molar-refractivity contribution in [1.82, 2.24) is 10.9 Å². The van der Waals surface area contributed by atoms with Gasteiger partial charge in [-0.15, -0.1) is 23.2 Å². The van der Waals surface area contributed by atoms with Crippen LogP contribution in [0, 0.1) is 5.92 Å². The lowest BCUT2D eigenvalue weighted by Crippen LogP contribution is -2.43. The second kappa shape index (κ2) is 7.04. The Hall–Kier alpha value is -1.46. The van der Waals surface area contributed by atoms with E-state index < -0.39 is 28.0 Å². The van der Waals surface area contributed by atoms with E-state index in [1.165, 1.54) is 0 Å². The molecule has 8 heteroatoms. The summed E-state index contributed by atoms with van der Waals surface area (Å²) in [6.07, 6.45) is 0. The van der Waals surface area contributed by atoms with Gasteiger partial charge in [-0.3, -0.25) is 20.4 Å². The molecule has 1 saturated carbocycles. The first-order valence-corrected chi connectivity index (χ1v) is 8.81. The number of benzene rings is 2. The van der Waals surface area contributed by atoms with E-state index in [4.69, 9.17) is 46.4 Å². The summed E-state index contributed by atoms with van der Waals surface area (Å²) in [6, 6.07) is 13.4. The smallest absolute Gasteiger partial charge is 0.269 e. The Morgan fingerprint density at radius 3 is 2.12 bits per heavy atom. The van der Waals surface area contributed by atoms with Gasteiger partial charge in [-0.1, -0.05) is 41.4 Å². The van der Waals surface area contributed by atoms with Gasteiger partial charge < -0.3 is 0 Å². The van der Waals surface area contributed by atoms with Gasteiger partial charge in [-0.05, 0) is 35.9 Å². The van der Waals surface area contributed by atoms with Crippen molar-refractivity contribution in [3.63, 3.8) is 0 Å². The van der Waals surface area contributed by atoms with Gasteiger partial charge in [-0.2, -0.15) is 0 Å². The van der Waals surface area contributed by atoms with Gasteiger partial charge in [-0.25, -0.2) is 0 Å². The Labute approximate surface area is 164 Å². The highest BCUT2D eigenvalue weighted by atomic mass is 35.5. The molecule has 2 amide bonds. The van der Waals surface area contributed by atoms with Gasteiger partial charge >= 0.3 is 0 Å². The number of rotatable bonds is 3. The summed E-state index contributed by atoms with van der Waals surface area (Å²) in [6.45, 7) is 0. The Kier molecular flexibility index (Phi) is 5.16. The number of halogens is 4. The third-order valence-corrected chi connectivity index (χ3v) is 5.29. The molecular weight excluding hydrogens is 406 g/mol. The van der Waals surface area contributed by atoms with Gasteiger partial charge in [0.25, 0.3) is 5.91 Å². The molecule has 3 rings (SSSR count). The highest BCUT2D eigenvalue weighted by molar-refractivity contribution is 6.53. The Morgan fingerprint density at radius 2 is 1.52 bits per heavy atom. The number of carbonyl (C=O) groups is 2. The van der Waals surface area contributed by atoms with E-state index in [9.17, 15) is 9.59 Å². The zero-order valence-electron chi connectivity index (χ0n) is 12.6. The van der Waals surface area contributed by atoms with Crippen molar-refractivity contribution >= 4 is 58.2 Å². The topological polar surface area (TPSA) is 58.2 Å². The molecule has 2 N–H and O–H groups in total. The standard InChI is InChI=1S/C17H12Cl4N2O2/c18-11-6-10(7-12(19)8-11)13-14(17(13,20)21)16(25)23-22-15(24)9-4-2-1-3-5-9/h1-8,13-14H,(H,22,24)(H,23,25). The monoisotopic (exact) mass is 416 g/mol. The lowest BCUT2D eigenvalue weighted by Gasteiger charge is -2.07. The molecule has 2 atom stereocenters. The lowest BCUT2D eigenvalue weighted by molar-refractivity contribution is -0.123. The fourth-order valence-electron chi connectivity index (χ4n) is 2.68. The first kappa shape index (κ1) is 18.3. The van der Waals surface area contributed by atoms with E-state index in [0.29, 0.717) is 21.2 Å². The van der Waals surface area contributed by atoms with Gasteiger partial charge in [0.1, 0.15) is 4.33 Å². The van der Waals surface area contributed by atoms with Crippen LogP contribution in [0.5, 0.6) is 0 Å². The molecule has 1 fully saturated rings. The average molecular weight is 418 g/mol. The largest absolute Gasteiger partial charge is 0.273 e. The Morgan fingerprint density at radius 1 is 0.920 bits per heavy atom. The van der Waals surface area contributed by atoms with Gasteiger partial charge in [0.2, 0.25) is 5.91 Å². The minimum absolute atomic E-state index is 0.416. The molecule has 2 aromatic rings. The molecule has 0 aromatic heterocycles. The fourth-order valence-corrected chi connectivity index (χ4v) is 4.05. The van der Waals surface area contributed by atoms with Gasteiger partial charge in [0.15, 0.2) is 0 Å². The molecule has 4 nitrogen and oxygen atoms in total. The molecule has 0 bridgehead atoms. The summed E-state index contributed by atoms with van der Waals surface area (Å²) in [5.41, 5.74) is 5.78. The second-order valence-electron chi connectivity index (χ2n) is 5.64. The third-order valence-electron chi connectivity index (χ3n) is 3.92. The van der Waals surface area contributed by atoms with Crippen LogP contribution in [0.2, 0.25) is 10.0 Å². The van der Waals surface area contributed by atoms with Crippen LogP contribution in [-0.4, -0.2) is 16.1 Å². The summed E-state index contributed by atoms with van der Waals surface area (Å²) >= 11 is 24.5. The van der Waals surface area contributed by atoms with Crippen LogP contribution in [0.15, 0.2) is 48.5 Å². The van der Waals surface area contributed by atoms with E-state index in [2.05, 4.69) is 10.9 Å². The van der Waals surface area contributed by atoms with Crippen LogP contribution in [0.1, 0.15) is 21.8 Å². The van der Waals surface area contributed by atoms with Crippen LogP contribution in [0.4, 0.5) is 0 Å². The second-order valence-corrected chi connectivity index (χ2v) is 7.96. The lowest BCUT2D eigenvalue weighted by atomic mass is 10.1. The Bertz CT molecular complexity index is 806. The van der Waals surface area contributed by atoms with Crippen molar-refractivity contribution in [3.05, 3.63) is 69.7 Å². The maximum atomic E-state index is 12.3. The molecular formula is C17H12Cl4N2O2. The molecule has 1 aliphatic rings. The molecule has 0 aliphatic heterocycles. The molecule has 25 heavy (non-hydrogen) atoms. The number of alkyl halides is 2. The molecule has 0 radical (unpaired) electrons. The number of hydrazine groups is 1. The zero-order valence-corrected chi connectivity index (χ0v) is 15.6. The van der Waals surface area contributed by atoms with Gasteiger partial charge in [0.05, 0.1) is 5.92 Å². The maximum Gasteiger partial charge on any atom is 0.269 e. The number of amides is 2. The summed E-state index contributed by atoms with van der Waals surface area (Å²) < 4.78 is -1.30. The zero-order chi connectivity index (χ0) is 18.2. The quantitative estimate of drug-likeness (QED) is 0.576. The molecule has 2 aromatic carbocycles. The van der Waals surface area contributed by atoms with Crippen molar-refractivity contribution in [3.8, 4) is 0 Å². The summed E-state index contributed by atoms with van der Waals surface area (Å²) in [7, 11) is 0. The third kappa shape index (κ3) is 3.87. The van der Waals surface area contributed by atoms with Crippen LogP contribution < -0.4 is 10.9 Å². The predicted molar refractivity (Wildman–Crippen MR) is 99.2 cm³/mol. The van der Waals surface area contributed by atoms with Crippen LogP contribution in [0.25, 0.3) is 0 Å². The van der Waals surface area contributed by atoms with Crippen molar-refractivity contribution in [2.75, 3.05) is 0 Å². The normalized spacial score (nSPS) is 20.6. The van der Waals surface area contributed by atoms with E-state index in [1.807, 2.05) is 0 Å². The average Bonchev–Trinajstić information content (AvgIpc) is 3.14. The summed E-state index contributed by atoms with van der Waals surface area (Å²) in [5.74, 6) is -2.14. The van der Waals surface area contributed by atoms with E-state index >= 15 is 0 Å². The van der Waals surface area contributed by atoms with Crippen LogP contribution >= 0.6 is 46.4 Å². The number of carbonyl (C=O) groups excluding carboxylic acids is 2. The van der Waals surface area contributed by atoms with E-state index in [-0.39, 0.29) is 0 Å². The van der Waals surface area contributed by atoms with E-state index in [0.717, 1.165) is 0 Å². The SMILES string of the molecule is O=C(NNC(=O)C1C(c2cc(Cl)cc(Cl)c2)C1(Cl)Cl)c1ccccc1. The molecule has 0 heterocycles. The fraction of sp³-hybridized carbons (Fsp3) is 0.176. The van der Waals surface area contributed by atoms with E-state index in [1.54, 1.807) is 48.5 Å². The molecule has 130 valence electrons. The van der Waals surface area contributed by atoms with Crippen molar-refractivity contribution in [2.24, 2.45) is 5.92 Å². The minimum Gasteiger partial charge on any atom is -0.273 e. The molecule has 2 unspecified atom stereocenters. The summed E-state index contributed by atoms with van der Waals surface area (Å²) in [5, 5.41) is 0.852. The first-order valence-electron chi connectivity index (χ1n) is 7.29. The molecule has 1 aliphatic carbocycles. The minimum atomic E-state index is -1.30. The maximum absolute atomic E-state index is 12.3. The van der Waals surface area contributed by atoms with Crippen molar-refractivity contribution in [1.29, 1.82) is 0 Å².